The second-order valence-corrected chi connectivity index (χ2v) is 5.27. The molecule has 2 rings (SSSR count). The number of aromatic nitrogens is 2. The van der Waals surface area contributed by atoms with Gasteiger partial charge in [-0.05, 0) is 31.9 Å². The summed E-state index contributed by atoms with van der Waals surface area (Å²) >= 11 is 0. The first-order valence-corrected chi connectivity index (χ1v) is 7.20. The van der Waals surface area contributed by atoms with Gasteiger partial charge in [-0.3, -0.25) is 0 Å². The Balaban J connectivity index is 2.41. The molecule has 0 aliphatic carbocycles. The molecule has 5 nitrogen and oxygen atoms in total. The SMILES string of the molecule is CCCc1nc(NN)cc(N(C)c2ccc(C)cc2C)n1. The van der Waals surface area contributed by atoms with Crippen molar-refractivity contribution in [1.82, 2.24) is 9.97 Å². The standard InChI is InChI=1S/C16H23N5/c1-5-6-14-18-15(20-17)10-16(19-14)21(4)13-8-7-11(2)9-12(13)3/h7-10H,5-6,17H2,1-4H3,(H,18,19,20). The molecule has 0 spiro atoms. The van der Waals surface area contributed by atoms with Crippen LogP contribution in [0.4, 0.5) is 17.3 Å². The normalized spacial score (nSPS) is 10.5. The minimum atomic E-state index is 0.639. The van der Waals surface area contributed by atoms with Crippen LogP contribution in [-0.2, 0) is 6.42 Å². The van der Waals surface area contributed by atoms with Crippen LogP contribution in [0.1, 0.15) is 30.3 Å². The number of nitrogen functional groups attached to an aromatic ring is 1. The quantitative estimate of drug-likeness (QED) is 0.652. The summed E-state index contributed by atoms with van der Waals surface area (Å²) in [5.41, 5.74) is 6.22. The molecule has 1 aromatic heterocycles. The van der Waals surface area contributed by atoms with Crippen molar-refractivity contribution in [2.75, 3.05) is 17.4 Å². The topological polar surface area (TPSA) is 67.1 Å². The minimum absolute atomic E-state index is 0.639. The molecule has 1 heterocycles. The van der Waals surface area contributed by atoms with Crippen molar-refractivity contribution in [3.63, 3.8) is 0 Å². The van der Waals surface area contributed by atoms with E-state index in [1.807, 2.05) is 13.1 Å². The van der Waals surface area contributed by atoms with Gasteiger partial charge in [0, 0.05) is 25.2 Å². The van der Waals surface area contributed by atoms with Gasteiger partial charge in [0.1, 0.15) is 17.5 Å². The van der Waals surface area contributed by atoms with Gasteiger partial charge in [0.15, 0.2) is 0 Å². The van der Waals surface area contributed by atoms with Crippen molar-refractivity contribution in [1.29, 1.82) is 0 Å². The van der Waals surface area contributed by atoms with Crippen molar-refractivity contribution in [2.24, 2.45) is 5.84 Å². The van der Waals surface area contributed by atoms with E-state index in [9.17, 15) is 0 Å². The molecule has 2 aromatic rings. The zero-order chi connectivity index (χ0) is 15.4. The maximum Gasteiger partial charge on any atom is 0.145 e. The van der Waals surface area contributed by atoms with Gasteiger partial charge in [-0.1, -0.05) is 24.6 Å². The van der Waals surface area contributed by atoms with E-state index < -0.39 is 0 Å². The number of nitrogens with zero attached hydrogens (tertiary/aromatic N) is 3. The van der Waals surface area contributed by atoms with Crippen molar-refractivity contribution in [3.05, 3.63) is 41.2 Å². The lowest BCUT2D eigenvalue weighted by Crippen LogP contribution is -2.16. The molecule has 112 valence electrons. The molecule has 0 unspecified atom stereocenters. The van der Waals surface area contributed by atoms with Crippen LogP contribution in [0.3, 0.4) is 0 Å². The molecule has 0 radical (unpaired) electrons. The predicted molar refractivity (Wildman–Crippen MR) is 87.8 cm³/mol. The Morgan fingerprint density at radius 1 is 1.19 bits per heavy atom. The number of rotatable bonds is 5. The Morgan fingerprint density at radius 2 is 1.95 bits per heavy atom. The molecule has 5 heteroatoms. The molecule has 3 N–H and O–H groups in total. The number of hydrogen-bond donors (Lipinski definition) is 2. The molecule has 21 heavy (non-hydrogen) atoms. The highest BCUT2D eigenvalue weighted by atomic mass is 15.3. The van der Waals surface area contributed by atoms with Crippen LogP contribution in [0.25, 0.3) is 0 Å². The van der Waals surface area contributed by atoms with Gasteiger partial charge in [0.2, 0.25) is 0 Å². The summed E-state index contributed by atoms with van der Waals surface area (Å²) in [6, 6.07) is 8.25. The van der Waals surface area contributed by atoms with E-state index in [4.69, 9.17) is 5.84 Å². The highest BCUT2D eigenvalue weighted by Crippen LogP contribution is 2.27. The molecule has 0 saturated carbocycles. The van der Waals surface area contributed by atoms with Gasteiger partial charge in [0.05, 0.1) is 0 Å². The number of aryl methyl sites for hydroxylation is 3. The van der Waals surface area contributed by atoms with Crippen LogP contribution < -0.4 is 16.2 Å². The van der Waals surface area contributed by atoms with Crippen molar-refractivity contribution < 1.29 is 0 Å². The number of benzene rings is 1. The molecule has 0 fully saturated rings. The van der Waals surface area contributed by atoms with Gasteiger partial charge in [-0.25, -0.2) is 15.8 Å². The Hall–Kier alpha value is -2.14. The molecule has 0 bridgehead atoms. The first-order valence-electron chi connectivity index (χ1n) is 7.20. The maximum atomic E-state index is 5.51. The Kier molecular flexibility index (Phi) is 4.75. The van der Waals surface area contributed by atoms with Crippen LogP contribution in [0.5, 0.6) is 0 Å². The van der Waals surface area contributed by atoms with E-state index >= 15 is 0 Å². The maximum absolute atomic E-state index is 5.51. The second-order valence-electron chi connectivity index (χ2n) is 5.27. The molecular formula is C16H23N5. The van der Waals surface area contributed by atoms with Gasteiger partial charge in [0.25, 0.3) is 0 Å². The third-order valence-corrected chi connectivity index (χ3v) is 3.44. The predicted octanol–water partition coefficient (Wildman–Crippen LogP) is 3.10. The van der Waals surface area contributed by atoms with Crippen molar-refractivity contribution >= 4 is 17.3 Å². The minimum Gasteiger partial charge on any atom is -0.329 e. The van der Waals surface area contributed by atoms with E-state index in [0.29, 0.717) is 5.82 Å². The van der Waals surface area contributed by atoms with E-state index in [1.54, 1.807) is 0 Å². The molecule has 0 aliphatic heterocycles. The number of anilines is 3. The van der Waals surface area contributed by atoms with Crippen LogP contribution in [0.2, 0.25) is 0 Å². The summed E-state index contributed by atoms with van der Waals surface area (Å²) in [7, 11) is 2.01. The fraction of sp³-hybridized carbons (Fsp3) is 0.375. The van der Waals surface area contributed by atoms with E-state index in [1.165, 1.54) is 11.1 Å². The number of hydrogen-bond acceptors (Lipinski definition) is 5. The summed E-state index contributed by atoms with van der Waals surface area (Å²) in [6.07, 6.45) is 1.84. The van der Waals surface area contributed by atoms with Crippen LogP contribution >= 0.6 is 0 Å². The largest absolute Gasteiger partial charge is 0.329 e. The summed E-state index contributed by atoms with van der Waals surface area (Å²) in [4.78, 5) is 11.1. The number of nitrogens with one attached hydrogen (secondary N) is 1. The fourth-order valence-electron chi connectivity index (χ4n) is 2.37. The van der Waals surface area contributed by atoms with E-state index in [-0.39, 0.29) is 0 Å². The van der Waals surface area contributed by atoms with Gasteiger partial charge in [-0.2, -0.15) is 0 Å². The highest BCUT2D eigenvalue weighted by Gasteiger charge is 2.11. The smallest absolute Gasteiger partial charge is 0.145 e. The van der Waals surface area contributed by atoms with Crippen LogP contribution in [-0.4, -0.2) is 17.0 Å². The zero-order valence-electron chi connectivity index (χ0n) is 13.1. The Labute approximate surface area is 126 Å². The summed E-state index contributed by atoms with van der Waals surface area (Å²) in [6.45, 7) is 6.31. The molecule has 0 saturated heterocycles. The molecule has 0 atom stereocenters. The van der Waals surface area contributed by atoms with Gasteiger partial charge < -0.3 is 10.3 Å². The summed E-state index contributed by atoms with van der Waals surface area (Å²) < 4.78 is 0. The monoisotopic (exact) mass is 285 g/mol. The Morgan fingerprint density at radius 3 is 2.57 bits per heavy atom. The second kappa shape index (κ2) is 6.54. The van der Waals surface area contributed by atoms with Gasteiger partial charge >= 0.3 is 0 Å². The van der Waals surface area contributed by atoms with Gasteiger partial charge in [-0.15, -0.1) is 0 Å². The van der Waals surface area contributed by atoms with E-state index in [0.717, 1.165) is 30.2 Å². The van der Waals surface area contributed by atoms with Crippen molar-refractivity contribution in [3.8, 4) is 0 Å². The average Bonchev–Trinajstić information content (AvgIpc) is 2.46. The molecule has 0 aliphatic rings. The average molecular weight is 285 g/mol. The number of nitrogens with two attached hydrogens (primary N) is 1. The zero-order valence-corrected chi connectivity index (χ0v) is 13.1. The number of hydrazine groups is 1. The lowest BCUT2D eigenvalue weighted by atomic mass is 10.1. The fourth-order valence-corrected chi connectivity index (χ4v) is 2.37. The Bertz CT molecular complexity index is 624. The third-order valence-electron chi connectivity index (χ3n) is 3.44. The summed E-state index contributed by atoms with van der Waals surface area (Å²) in [5, 5.41) is 0. The van der Waals surface area contributed by atoms with Crippen molar-refractivity contribution in [2.45, 2.75) is 33.6 Å². The summed E-state index contributed by atoms with van der Waals surface area (Å²) in [5.74, 6) is 7.80. The third kappa shape index (κ3) is 3.49. The first-order chi connectivity index (χ1) is 10.0. The molecule has 1 aromatic carbocycles. The van der Waals surface area contributed by atoms with Crippen LogP contribution in [0.15, 0.2) is 24.3 Å². The van der Waals surface area contributed by atoms with E-state index in [2.05, 4.69) is 59.3 Å². The lowest BCUT2D eigenvalue weighted by molar-refractivity contribution is 0.831. The highest BCUT2D eigenvalue weighted by molar-refractivity contribution is 5.65. The van der Waals surface area contributed by atoms with Crippen LogP contribution in [0, 0.1) is 13.8 Å². The lowest BCUT2D eigenvalue weighted by Gasteiger charge is -2.22. The first kappa shape index (κ1) is 15.3. The molecule has 0 amide bonds. The molecular weight excluding hydrogens is 262 g/mol.